The third-order valence-electron chi connectivity index (χ3n) is 6.32. The minimum atomic E-state index is 0.177. The van der Waals surface area contributed by atoms with E-state index in [0.29, 0.717) is 5.88 Å². The summed E-state index contributed by atoms with van der Waals surface area (Å²) in [5.41, 5.74) is 6.70. The second kappa shape index (κ2) is 9.73. The summed E-state index contributed by atoms with van der Waals surface area (Å²) >= 11 is 5.96. The van der Waals surface area contributed by atoms with Gasteiger partial charge in [-0.25, -0.2) is 4.98 Å². The third-order valence-corrected chi connectivity index (χ3v) is 6.63. The van der Waals surface area contributed by atoms with Crippen molar-refractivity contribution in [2.45, 2.75) is 18.8 Å². The van der Waals surface area contributed by atoms with Crippen molar-refractivity contribution in [2.75, 3.05) is 31.1 Å². The van der Waals surface area contributed by atoms with Gasteiger partial charge in [0.15, 0.2) is 5.82 Å². The van der Waals surface area contributed by atoms with Crippen LogP contribution in [0.1, 0.15) is 28.4 Å². The Bertz CT molecular complexity index is 1180. The van der Waals surface area contributed by atoms with Crippen molar-refractivity contribution in [3.05, 3.63) is 95.6 Å². The van der Waals surface area contributed by atoms with E-state index in [4.69, 9.17) is 16.6 Å². The SMILES string of the molecule is Cc1[nH]ncc1C(c1ccccc1)N1CCN(c2nccnc2-c2ccc(CCl)cc2)CC1. The van der Waals surface area contributed by atoms with Gasteiger partial charge in [-0.05, 0) is 18.1 Å². The molecule has 7 heteroatoms. The van der Waals surface area contributed by atoms with E-state index < -0.39 is 0 Å². The quantitative estimate of drug-likeness (QED) is 0.419. The first-order valence-corrected chi connectivity index (χ1v) is 11.8. The van der Waals surface area contributed by atoms with Crippen LogP contribution in [0.15, 0.2) is 73.2 Å². The molecular weight excluding hydrogens is 432 g/mol. The molecule has 3 heterocycles. The van der Waals surface area contributed by atoms with Gasteiger partial charge in [-0.2, -0.15) is 5.10 Å². The molecule has 0 saturated carbocycles. The highest BCUT2D eigenvalue weighted by atomic mass is 35.5. The highest BCUT2D eigenvalue weighted by molar-refractivity contribution is 6.17. The maximum atomic E-state index is 5.96. The number of anilines is 1. The fourth-order valence-electron chi connectivity index (χ4n) is 4.57. The first-order chi connectivity index (χ1) is 16.2. The molecule has 0 aliphatic carbocycles. The summed E-state index contributed by atoms with van der Waals surface area (Å²) in [4.78, 5) is 14.3. The minimum Gasteiger partial charge on any atom is -0.352 e. The standard InChI is InChI=1S/C26H27ClN6/c1-19-23(18-30-31-19)25(22-5-3-2-4-6-22)32-13-15-33(16-14-32)26-24(28-11-12-29-26)21-9-7-20(17-27)8-10-21/h2-12,18,25H,13-17H2,1H3,(H,30,31). The molecule has 1 aliphatic heterocycles. The number of nitrogens with one attached hydrogen (secondary N) is 1. The second-order valence-corrected chi connectivity index (χ2v) is 8.61. The minimum absolute atomic E-state index is 0.177. The number of nitrogens with zero attached hydrogens (tertiary/aromatic N) is 5. The van der Waals surface area contributed by atoms with E-state index in [2.05, 4.69) is 86.5 Å². The summed E-state index contributed by atoms with van der Waals surface area (Å²) in [5, 5.41) is 7.41. The smallest absolute Gasteiger partial charge is 0.155 e. The zero-order valence-electron chi connectivity index (χ0n) is 18.7. The molecule has 1 saturated heterocycles. The van der Waals surface area contributed by atoms with Crippen LogP contribution >= 0.6 is 11.6 Å². The van der Waals surface area contributed by atoms with Gasteiger partial charge in [0.25, 0.3) is 0 Å². The third kappa shape index (κ3) is 4.49. The molecule has 5 rings (SSSR count). The van der Waals surface area contributed by atoms with Crippen molar-refractivity contribution < 1.29 is 0 Å². The Morgan fingerprint density at radius 1 is 0.939 bits per heavy atom. The lowest BCUT2D eigenvalue weighted by molar-refractivity contribution is 0.211. The number of piperazine rings is 1. The summed E-state index contributed by atoms with van der Waals surface area (Å²) in [7, 11) is 0. The van der Waals surface area contributed by atoms with Crippen LogP contribution in [0.25, 0.3) is 11.3 Å². The van der Waals surface area contributed by atoms with Crippen LogP contribution in [0.3, 0.4) is 0 Å². The second-order valence-electron chi connectivity index (χ2n) is 8.35. The first-order valence-electron chi connectivity index (χ1n) is 11.2. The predicted octanol–water partition coefficient (Wildman–Crippen LogP) is 4.83. The molecule has 1 unspecified atom stereocenters. The van der Waals surface area contributed by atoms with Gasteiger partial charge in [-0.1, -0.05) is 54.6 Å². The number of rotatable bonds is 6. The van der Waals surface area contributed by atoms with Gasteiger partial charge in [0, 0.05) is 61.3 Å². The van der Waals surface area contributed by atoms with Crippen LogP contribution in [0, 0.1) is 6.92 Å². The summed E-state index contributed by atoms with van der Waals surface area (Å²) in [5.74, 6) is 1.44. The van der Waals surface area contributed by atoms with Gasteiger partial charge in [-0.3, -0.25) is 15.0 Å². The number of aryl methyl sites for hydroxylation is 1. The zero-order valence-corrected chi connectivity index (χ0v) is 19.4. The number of benzene rings is 2. The van der Waals surface area contributed by atoms with E-state index in [1.54, 1.807) is 12.4 Å². The van der Waals surface area contributed by atoms with E-state index in [9.17, 15) is 0 Å². The summed E-state index contributed by atoms with van der Waals surface area (Å²) in [6.45, 7) is 5.70. The lowest BCUT2D eigenvalue weighted by atomic mass is 9.97. The molecule has 2 aromatic carbocycles. The molecule has 168 valence electrons. The fourth-order valence-corrected chi connectivity index (χ4v) is 4.75. The molecule has 6 nitrogen and oxygen atoms in total. The average molecular weight is 459 g/mol. The van der Waals surface area contributed by atoms with E-state index in [0.717, 1.165) is 54.5 Å². The van der Waals surface area contributed by atoms with Crippen molar-refractivity contribution in [3.8, 4) is 11.3 Å². The number of aromatic nitrogens is 4. The van der Waals surface area contributed by atoms with Crippen LogP contribution in [-0.4, -0.2) is 51.2 Å². The molecule has 2 aromatic heterocycles. The van der Waals surface area contributed by atoms with Gasteiger partial charge in [0.2, 0.25) is 0 Å². The number of hydrogen-bond donors (Lipinski definition) is 1. The van der Waals surface area contributed by atoms with Crippen molar-refractivity contribution in [3.63, 3.8) is 0 Å². The highest BCUT2D eigenvalue weighted by Gasteiger charge is 2.29. The van der Waals surface area contributed by atoms with Crippen molar-refractivity contribution in [1.29, 1.82) is 0 Å². The lowest BCUT2D eigenvalue weighted by Crippen LogP contribution is -2.48. The summed E-state index contributed by atoms with van der Waals surface area (Å²) < 4.78 is 0. The largest absolute Gasteiger partial charge is 0.352 e. The molecule has 1 atom stereocenters. The van der Waals surface area contributed by atoms with Crippen LogP contribution in [-0.2, 0) is 5.88 Å². The number of alkyl halides is 1. The molecule has 33 heavy (non-hydrogen) atoms. The van der Waals surface area contributed by atoms with Crippen LogP contribution in [0.2, 0.25) is 0 Å². The Morgan fingerprint density at radius 2 is 1.67 bits per heavy atom. The number of aromatic amines is 1. The molecule has 1 N–H and O–H groups in total. The average Bonchev–Trinajstić information content (AvgIpc) is 3.30. The van der Waals surface area contributed by atoms with Crippen molar-refractivity contribution >= 4 is 17.4 Å². The van der Waals surface area contributed by atoms with Crippen LogP contribution in [0.4, 0.5) is 5.82 Å². The topological polar surface area (TPSA) is 60.9 Å². The Labute approximate surface area is 199 Å². The Kier molecular flexibility index (Phi) is 6.37. The molecule has 0 spiro atoms. The normalized spacial score (nSPS) is 15.5. The van der Waals surface area contributed by atoms with E-state index in [1.807, 2.05) is 6.20 Å². The van der Waals surface area contributed by atoms with Gasteiger partial charge in [0.1, 0.15) is 5.69 Å². The van der Waals surface area contributed by atoms with Crippen LogP contribution < -0.4 is 4.90 Å². The van der Waals surface area contributed by atoms with Gasteiger partial charge in [0.05, 0.1) is 12.2 Å². The summed E-state index contributed by atoms with van der Waals surface area (Å²) in [6.07, 6.45) is 5.50. The highest BCUT2D eigenvalue weighted by Crippen LogP contribution is 2.33. The molecule has 4 aromatic rings. The first kappa shape index (κ1) is 21.6. The Balaban J connectivity index is 1.38. The Morgan fingerprint density at radius 3 is 2.33 bits per heavy atom. The predicted molar refractivity (Wildman–Crippen MR) is 132 cm³/mol. The Hall–Kier alpha value is -3.22. The molecular formula is C26H27ClN6. The van der Waals surface area contributed by atoms with E-state index in [-0.39, 0.29) is 6.04 Å². The van der Waals surface area contributed by atoms with Crippen LogP contribution in [0.5, 0.6) is 0 Å². The van der Waals surface area contributed by atoms with Gasteiger partial charge >= 0.3 is 0 Å². The molecule has 0 bridgehead atoms. The molecule has 0 radical (unpaired) electrons. The van der Waals surface area contributed by atoms with E-state index >= 15 is 0 Å². The van der Waals surface area contributed by atoms with Crippen molar-refractivity contribution in [1.82, 2.24) is 25.1 Å². The number of hydrogen-bond acceptors (Lipinski definition) is 5. The molecule has 1 fully saturated rings. The van der Waals surface area contributed by atoms with Gasteiger partial charge in [-0.15, -0.1) is 11.6 Å². The zero-order chi connectivity index (χ0) is 22.6. The maximum absolute atomic E-state index is 5.96. The molecule has 1 aliphatic rings. The van der Waals surface area contributed by atoms with E-state index in [1.165, 1.54) is 11.1 Å². The maximum Gasteiger partial charge on any atom is 0.155 e. The lowest BCUT2D eigenvalue weighted by Gasteiger charge is -2.40. The summed E-state index contributed by atoms with van der Waals surface area (Å²) in [6, 6.07) is 19.1. The number of H-pyrrole nitrogens is 1. The molecule has 0 amide bonds. The monoisotopic (exact) mass is 458 g/mol. The van der Waals surface area contributed by atoms with Gasteiger partial charge < -0.3 is 4.90 Å². The van der Waals surface area contributed by atoms with Crippen molar-refractivity contribution in [2.24, 2.45) is 0 Å². The fraction of sp³-hybridized carbons (Fsp3) is 0.269. The number of halogens is 1.